The monoisotopic (exact) mass is 296 g/mol. The second-order valence-corrected chi connectivity index (χ2v) is 4.38. The van der Waals surface area contributed by atoms with Crippen LogP contribution in [0.2, 0.25) is 0 Å². The average Bonchev–Trinajstić information content (AvgIpc) is 2.47. The molecule has 1 aromatic carbocycles. The van der Waals surface area contributed by atoms with Gasteiger partial charge in [-0.3, -0.25) is 0 Å². The molecule has 0 fully saturated rings. The predicted molar refractivity (Wildman–Crippen MR) is 71.0 cm³/mol. The summed E-state index contributed by atoms with van der Waals surface area (Å²) in [5.41, 5.74) is -0.435. The molecule has 0 amide bonds. The molecule has 0 aromatic heterocycles. The molecule has 106 valence electrons. The van der Waals surface area contributed by atoms with Crippen molar-refractivity contribution in [3.63, 3.8) is 0 Å². The van der Waals surface area contributed by atoms with Crippen molar-refractivity contribution in [2.75, 3.05) is 20.1 Å². The highest BCUT2D eigenvalue weighted by atomic mass is 35.5. The van der Waals surface area contributed by atoms with E-state index in [4.69, 9.17) is 21.1 Å². The minimum atomic E-state index is -1.18. The van der Waals surface area contributed by atoms with Gasteiger partial charge >= 0.3 is 11.9 Å². The number of esters is 2. The Kier molecular flexibility index (Phi) is 3.99. The van der Waals surface area contributed by atoms with E-state index >= 15 is 0 Å². The van der Waals surface area contributed by atoms with Crippen LogP contribution in [0.1, 0.15) is 5.56 Å². The van der Waals surface area contributed by atoms with Gasteiger partial charge in [-0.1, -0.05) is 30.3 Å². The molecule has 1 heterocycles. The molecule has 0 bridgehead atoms. The molecule has 20 heavy (non-hydrogen) atoms. The summed E-state index contributed by atoms with van der Waals surface area (Å²) in [7, 11) is 2.43. The fourth-order valence-electron chi connectivity index (χ4n) is 2.09. The minimum Gasteiger partial charge on any atom is -0.468 e. The summed E-state index contributed by atoms with van der Waals surface area (Å²) in [5.74, 6) is -1.59. The smallest absolute Gasteiger partial charge is 0.374 e. The second kappa shape index (κ2) is 5.54. The lowest BCUT2D eigenvalue weighted by molar-refractivity contribution is -0.155. The first-order valence-electron chi connectivity index (χ1n) is 5.82. The summed E-state index contributed by atoms with van der Waals surface area (Å²) in [6.07, 6.45) is 0. The summed E-state index contributed by atoms with van der Waals surface area (Å²) >= 11 is 5.98. The Balaban J connectivity index is 2.54. The molecule has 6 heteroatoms. The number of benzene rings is 1. The van der Waals surface area contributed by atoms with Gasteiger partial charge in [0.15, 0.2) is 5.60 Å². The predicted octanol–water partition coefficient (Wildman–Crippen LogP) is 1.75. The molecule has 1 aliphatic heterocycles. The van der Waals surface area contributed by atoms with Crippen molar-refractivity contribution in [2.45, 2.75) is 5.60 Å². The third-order valence-electron chi connectivity index (χ3n) is 3.10. The summed E-state index contributed by atoms with van der Waals surface area (Å²) < 4.78 is 14.8. The van der Waals surface area contributed by atoms with Crippen LogP contribution >= 0.6 is 11.6 Å². The van der Waals surface area contributed by atoms with E-state index < -0.39 is 17.5 Å². The zero-order valence-corrected chi connectivity index (χ0v) is 11.8. The van der Waals surface area contributed by atoms with Gasteiger partial charge in [0, 0.05) is 5.56 Å². The number of carbonyl (C=O) groups excluding carboxylic acids is 2. The Labute approximate surface area is 121 Å². The molecule has 1 aromatic rings. The number of hydrogen-bond acceptors (Lipinski definition) is 5. The molecular weight excluding hydrogens is 284 g/mol. The third kappa shape index (κ3) is 2.04. The maximum absolute atomic E-state index is 11.9. The quantitative estimate of drug-likeness (QED) is 0.626. The molecule has 0 saturated carbocycles. The van der Waals surface area contributed by atoms with Gasteiger partial charge in [-0.05, 0) is 0 Å². The van der Waals surface area contributed by atoms with Gasteiger partial charge in [-0.15, -0.1) is 11.6 Å². The maximum atomic E-state index is 11.9. The summed E-state index contributed by atoms with van der Waals surface area (Å²) in [5, 5.41) is 0. The number of alkyl halides is 1. The van der Waals surface area contributed by atoms with Crippen LogP contribution in [0.4, 0.5) is 0 Å². The molecule has 1 atom stereocenters. The number of halogens is 1. The van der Waals surface area contributed by atoms with Crippen LogP contribution in [0.3, 0.4) is 0 Å². The molecule has 0 spiro atoms. The number of rotatable bonds is 4. The van der Waals surface area contributed by atoms with Crippen molar-refractivity contribution in [1.82, 2.24) is 0 Å². The minimum absolute atomic E-state index is 0.0259. The van der Waals surface area contributed by atoms with Crippen LogP contribution in [0, 0.1) is 0 Å². The second-order valence-electron chi connectivity index (χ2n) is 4.12. The normalized spacial score (nSPS) is 20.8. The third-order valence-corrected chi connectivity index (χ3v) is 3.47. The largest absolute Gasteiger partial charge is 0.468 e. The maximum Gasteiger partial charge on any atom is 0.374 e. The zero-order valence-electron chi connectivity index (χ0n) is 11.0. The Morgan fingerprint density at radius 3 is 2.25 bits per heavy atom. The average molecular weight is 297 g/mol. The van der Waals surface area contributed by atoms with Gasteiger partial charge in [0.1, 0.15) is 5.57 Å². The molecular formula is C14H13ClO5. The van der Waals surface area contributed by atoms with Crippen molar-refractivity contribution in [3.05, 3.63) is 47.2 Å². The number of hydrogen-bond donors (Lipinski definition) is 0. The number of methoxy groups -OCH3 is 2. The van der Waals surface area contributed by atoms with Crippen LogP contribution in [0.15, 0.2) is 41.7 Å². The molecule has 0 aliphatic carbocycles. The first-order chi connectivity index (χ1) is 9.60. The van der Waals surface area contributed by atoms with Crippen molar-refractivity contribution < 1.29 is 23.8 Å². The van der Waals surface area contributed by atoms with Crippen molar-refractivity contribution in [2.24, 2.45) is 0 Å². The van der Waals surface area contributed by atoms with Gasteiger partial charge in [0.2, 0.25) is 5.76 Å². The summed E-state index contributed by atoms with van der Waals surface area (Å²) in [6, 6.07) is 8.93. The van der Waals surface area contributed by atoms with Crippen LogP contribution in [0.5, 0.6) is 0 Å². The highest BCUT2D eigenvalue weighted by Crippen LogP contribution is 2.47. The van der Waals surface area contributed by atoms with E-state index in [-0.39, 0.29) is 17.2 Å². The summed E-state index contributed by atoms with van der Waals surface area (Å²) in [6.45, 7) is 0. The lowest BCUT2D eigenvalue weighted by Crippen LogP contribution is -2.48. The van der Waals surface area contributed by atoms with E-state index in [0.29, 0.717) is 5.56 Å². The number of ether oxygens (including phenoxy) is 3. The highest BCUT2D eigenvalue weighted by molar-refractivity contribution is 6.20. The van der Waals surface area contributed by atoms with E-state index in [1.165, 1.54) is 14.2 Å². The van der Waals surface area contributed by atoms with Gasteiger partial charge in [0.25, 0.3) is 0 Å². The molecule has 1 aliphatic rings. The summed E-state index contributed by atoms with van der Waals surface area (Å²) in [4.78, 5) is 23.6. The van der Waals surface area contributed by atoms with Gasteiger partial charge < -0.3 is 14.2 Å². The first kappa shape index (κ1) is 14.4. The lowest BCUT2D eigenvalue weighted by atomic mass is 9.82. The lowest BCUT2D eigenvalue weighted by Gasteiger charge is -2.42. The van der Waals surface area contributed by atoms with Crippen LogP contribution in [-0.4, -0.2) is 32.0 Å². The Bertz CT molecular complexity index is 566. The van der Waals surface area contributed by atoms with E-state index in [1.807, 2.05) is 6.07 Å². The Hall–Kier alpha value is -2.01. The van der Waals surface area contributed by atoms with E-state index in [1.54, 1.807) is 24.3 Å². The number of carbonyl (C=O) groups is 2. The highest BCUT2D eigenvalue weighted by Gasteiger charge is 2.55. The van der Waals surface area contributed by atoms with E-state index in [9.17, 15) is 9.59 Å². The Morgan fingerprint density at radius 1 is 1.15 bits per heavy atom. The van der Waals surface area contributed by atoms with Crippen molar-refractivity contribution in [1.29, 1.82) is 0 Å². The van der Waals surface area contributed by atoms with Crippen molar-refractivity contribution in [3.8, 4) is 0 Å². The van der Waals surface area contributed by atoms with Crippen molar-refractivity contribution >= 4 is 23.5 Å². The first-order valence-corrected chi connectivity index (χ1v) is 6.36. The standard InChI is InChI=1S/C14H13ClO5/c1-18-12(16)10-11(13(17)19-2)20-14(10,8-15)9-6-4-3-5-7-9/h3-7H,8H2,1-2H3. The van der Waals surface area contributed by atoms with E-state index in [2.05, 4.69) is 4.74 Å². The molecule has 0 radical (unpaired) electrons. The van der Waals surface area contributed by atoms with Gasteiger partial charge in [-0.2, -0.15) is 0 Å². The fraction of sp³-hybridized carbons (Fsp3) is 0.286. The zero-order chi connectivity index (χ0) is 14.8. The van der Waals surface area contributed by atoms with Crippen LogP contribution < -0.4 is 0 Å². The molecule has 0 N–H and O–H groups in total. The topological polar surface area (TPSA) is 61.8 Å². The van der Waals surface area contributed by atoms with E-state index in [0.717, 1.165) is 0 Å². The van der Waals surface area contributed by atoms with Gasteiger partial charge in [0.05, 0.1) is 20.1 Å². The SMILES string of the molecule is COC(=O)C1=C(C(=O)OC)C(CCl)(c2ccccc2)O1. The van der Waals surface area contributed by atoms with Crippen LogP contribution in [-0.2, 0) is 29.4 Å². The molecule has 5 nitrogen and oxygen atoms in total. The van der Waals surface area contributed by atoms with Gasteiger partial charge in [-0.25, -0.2) is 9.59 Å². The molecule has 1 unspecified atom stereocenters. The molecule has 0 saturated heterocycles. The Morgan fingerprint density at radius 2 is 1.75 bits per heavy atom. The fourth-order valence-corrected chi connectivity index (χ4v) is 2.43. The van der Waals surface area contributed by atoms with Crippen LogP contribution in [0.25, 0.3) is 0 Å². The molecule has 2 rings (SSSR count).